The zero-order valence-electron chi connectivity index (χ0n) is 30.5. The van der Waals surface area contributed by atoms with E-state index in [1.807, 2.05) is 0 Å². The van der Waals surface area contributed by atoms with E-state index in [4.69, 9.17) is 4.42 Å². The number of para-hydroxylation sites is 2. The second kappa shape index (κ2) is 12.2. The first-order valence-electron chi connectivity index (χ1n) is 21.1. The molecule has 0 N–H and O–H groups in total. The van der Waals surface area contributed by atoms with Gasteiger partial charge in [0.15, 0.2) is 0 Å². The minimum atomic E-state index is 0.657. The van der Waals surface area contributed by atoms with E-state index in [-0.39, 0.29) is 0 Å². The predicted molar refractivity (Wildman–Crippen MR) is 218 cm³/mol. The molecule has 8 unspecified atom stereocenters. The number of hydrogen-bond donors (Lipinski definition) is 0. The van der Waals surface area contributed by atoms with Crippen LogP contribution in [0.25, 0.3) is 49.4 Å². The van der Waals surface area contributed by atoms with Gasteiger partial charge >= 0.3 is 0 Å². The fraction of sp³-hybridized carbons (Fsp3) is 0.500. The van der Waals surface area contributed by atoms with E-state index in [0.29, 0.717) is 5.92 Å². The third-order valence-corrected chi connectivity index (χ3v) is 17.4. The zero-order valence-corrected chi connectivity index (χ0v) is 31.3. The average molecular weight is 705 g/mol. The van der Waals surface area contributed by atoms with Gasteiger partial charge < -0.3 is 8.98 Å². The summed E-state index contributed by atoms with van der Waals surface area (Å²) in [5, 5.41) is 6.98. The van der Waals surface area contributed by atoms with Crippen LogP contribution in [0, 0.1) is 23.7 Å². The normalized spacial score (nSPS) is 33.8. The molecule has 0 amide bonds. The molecule has 4 aliphatic carbocycles. The van der Waals surface area contributed by atoms with Crippen molar-refractivity contribution in [2.24, 2.45) is 23.7 Å². The molecule has 2 saturated heterocycles. The number of hydrogen-bond acceptors (Lipinski definition) is 3. The van der Waals surface area contributed by atoms with Gasteiger partial charge in [-0.2, -0.15) is 11.8 Å². The Balaban J connectivity index is 0.909. The highest BCUT2D eigenvalue weighted by molar-refractivity contribution is 8.00. The van der Waals surface area contributed by atoms with Crippen molar-refractivity contribution in [2.75, 3.05) is 0 Å². The Labute approximate surface area is 312 Å². The molecule has 9 atom stereocenters. The van der Waals surface area contributed by atoms with Crippen LogP contribution in [0.1, 0.15) is 101 Å². The number of fused-ring (bicyclic) bond motifs is 13. The molecule has 2 aliphatic heterocycles. The monoisotopic (exact) mass is 704 g/mol. The number of nitrogens with zero attached hydrogens (tertiary/aromatic N) is 2. The van der Waals surface area contributed by atoms with Gasteiger partial charge in [-0.15, -0.1) is 0 Å². The van der Waals surface area contributed by atoms with Gasteiger partial charge in [0.05, 0.1) is 16.4 Å². The first-order chi connectivity index (χ1) is 25.8. The van der Waals surface area contributed by atoms with Crippen molar-refractivity contribution in [3.8, 4) is 5.69 Å². The maximum atomic E-state index is 6.85. The summed E-state index contributed by atoms with van der Waals surface area (Å²) in [4.78, 5) is 3.24. The summed E-state index contributed by atoms with van der Waals surface area (Å²) in [5.41, 5.74) is 7.26. The van der Waals surface area contributed by atoms with Gasteiger partial charge in [0.1, 0.15) is 11.2 Å². The Morgan fingerprint density at radius 2 is 1.38 bits per heavy atom. The average Bonchev–Trinajstić information content (AvgIpc) is 3.94. The second-order valence-electron chi connectivity index (χ2n) is 17.9. The van der Waals surface area contributed by atoms with Gasteiger partial charge in [0.25, 0.3) is 0 Å². The third-order valence-electron chi connectivity index (χ3n) is 15.6. The highest BCUT2D eigenvalue weighted by atomic mass is 32.2. The van der Waals surface area contributed by atoms with Gasteiger partial charge in [-0.25, -0.2) is 0 Å². The van der Waals surface area contributed by atoms with E-state index in [9.17, 15) is 0 Å². The largest absolute Gasteiger partial charge is 0.455 e. The molecule has 4 heterocycles. The Kier molecular flexibility index (Phi) is 7.28. The fourth-order valence-corrected chi connectivity index (χ4v) is 15.6. The summed E-state index contributed by atoms with van der Waals surface area (Å²) in [6.45, 7) is 0. The first-order valence-corrected chi connectivity index (χ1v) is 22.1. The standard InChI is InChI=1S/C48H52N2OS/c1-3-11-31(12-4-1)49-40-17-9-7-16-35(40)47-42(49)23-21-34-38-26-30(20-24-44(38)51-48(34)47)29-19-22-41-36(25-29)37-27-39-33-15-8-10-18-45(33)52-46(39)28-43(37)50(41)32-13-5-2-6-14-32/h1,3-4,7,9,11-12,16-17,20-21,23-24,26,29,32-33,36-37,39,41,43,45-46H,2,5-6,8,10,13-15,18-19,22,25,27-28H2/t29?,33?,36?,37?,39?,41?,43?,45-,46?/m0/s1. The van der Waals surface area contributed by atoms with Crippen molar-refractivity contribution in [1.29, 1.82) is 0 Å². The maximum Gasteiger partial charge on any atom is 0.145 e. The molecular formula is C48H52N2OS. The molecule has 52 heavy (non-hydrogen) atoms. The zero-order chi connectivity index (χ0) is 33.9. The van der Waals surface area contributed by atoms with Crippen molar-refractivity contribution in [3.05, 3.63) is 90.5 Å². The molecule has 0 bridgehead atoms. The Bertz CT molecular complexity index is 2300. The topological polar surface area (TPSA) is 21.3 Å². The van der Waals surface area contributed by atoms with Crippen LogP contribution < -0.4 is 0 Å². The van der Waals surface area contributed by atoms with E-state index >= 15 is 0 Å². The first kappa shape index (κ1) is 31.2. The van der Waals surface area contributed by atoms with Crippen LogP contribution in [0.2, 0.25) is 0 Å². The van der Waals surface area contributed by atoms with E-state index in [2.05, 4.69) is 106 Å². The molecule has 0 spiro atoms. The number of benzene rings is 4. The Morgan fingerprint density at radius 3 is 2.31 bits per heavy atom. The van der Waals surface area contributed by atoms with E-state index in [0.717, 1.165) is 63.5 Å². The molecule has 0 radical (unpaired) electrons. The van der Waals surface area contributed by atoms with Crippen molar-refractivity contribution >= 4 is 55.5 Å². The SMILES string of the molecule is c1ccc(-n2c3ccccc3c3c4oc5ccc(C6CCC7C(C6)C6CC8C(CC6N7C6CCCCC6)S[C@H]6CCCCC86)cc5c4ccc32)cc1. The number of likely N-dealkylation sites (tertiary alicyclic amines) is 1. The molecule has 266 valence electrons. The Hall–Kier alpha value is -3.21. The molecular weight excluding hydrogens is 653 g/mol. The van der Waals surface area contributed by atoms with E-state index in [1.54, 1.807) is 12.0 Å². The lowest BCUT2D eigenvalue weighted by molar-refractivity contribution is 0.0554. The van der Waals surface area contributed by atoms with Crippen LogP contribution in [-0.4, -0.2) is 38.1 Å². The lowest BCUT2D eigenvalue weighted by Gasteiger charge is -2.44. The molecule has 4 heteroatoms. The molecule has 4 saturated carbocycles. The highest BCUT2D eigenvalue weighted by Crippen LogP contribution is 2.62. The lowest BCUT2D eigenvalue weighted by atomic mass is 9.64. The smallest absolute Gasteiger partial charge is 0.145 e. The number of rotatable bonds is 3. The van der Waals surface area contributed by atoms with Gasteiger partial charge in [0.2, 0.25) is 0 Å². The summed E-state index contributed by atoms with van der Waals surface area (Å²) in [5.74, 6) is 4.48. The summed E-state index contributed by atoms with van der Waals surface area (Å²) < 4.78 is 9.25. The minimum Gasteiger partial charge on any atom is -0.455 e. The second-order valence-corrected chi connectivity index (χ2v) is 19.4. The van der Waals surface area contributed by atoms with Crippen molar-refractivity contribution in [1.82, 2.24) is 9.47 Å². The minimum absolute atomic E-state index is 0.657. The molecule has 2 aromatic heterocycles. The quantitative estimate of drug-likeness (QED) is 0.183. The van der Waals surface area contributed by atoms with Crippen LogP contribution in [-0.2, 0) is 0 Å². The predicted octanol–water partition coefficient (Wildman–Crippen LogP) is 12.7. The van der Waals surface area contributed by atoms with Crippen molar-refractivity contribution < 1.29 is 4.42 Å². The van der Waals surface area contributed by atoms with Crippen LogP contribution >= 0.6 is 11.8 Å². The van der Waals surface area contributed by atoms with Gasteiger partial charge in [0, 0.05) is 50.5 Å². The number of furan rings is 1. The van der Waals surface area contributed by atoms with E-state index < -0.39 is 0 Å². The maximum absolute atomic E-state index is 6.85. The summed E-state index contributed by atoms with van der Waals surface area (Å²) in [7, 11) is 0. The van der Waals surface area contributed by atoms with Gasteiger partial charge in [-0.1, -0.05) is 74.6 Å². The van der Waals surface area contributed by atoms with Crippen LogP contribution in [0.4, 0.5) is 0 Å². The van der Waals surface area contributed by atoms with Gasteiger partial charge in [-0.05, 0) is 135 Å². The third kappa shape index (κ3) is 4.62. The van der Waals surface area contributed by atoms with Gasteiger partial charge in [-0.3, -0.25) is 4.90 Å². The Morgan fingerprint density at radius 1 is 0.558 bits per heavy atom. The molecule has 12 rings (SSSR count). The molecule has 6 aliphatic rings. The summed E-state index contributed by atoms with van der Waals surface area (Å²) >= 11 is 2.47. The summed E-state index contributed by atoms with van der Waals surface area (Å²) in [6, 6.07) is 34.2. The molecule has 6 fully saturated rings. The van der Waals surface area contributed by atoms with Crippen LogP contribution in [0.15, 0.2) is 89.3 Å². The van der Waals surface area contributed by atoms with E-state index in [1.165, 1.54) is 122 Å². The summed E-state index contributed by atoms with van der Waals surface area (Å²) in [6.07, 6.45) is 20.5. The molecule has 6 aromatic rings. The lowest BCUT2D eigenvalue weighted by Crippen LogP contribution is -2.49. The fourth-order valence-electron chi connectivity index (χ4n) is 13.5. The van der Waals surface area contributed by atoms with Crippen LogP contribution in [0.5, 0.6) is 0 Å². The number of thioether (sulfide) groups is 1. The number of aromatic nitrogens is 1. The van der Waals surface area contributed by atoms with Crippen molar-refractivity contribution in [2.45, 2.75) is 124 Å². The molecule has 4 aromatic carbocycles. The highest BCUT2D eigenvalue weighted by Gasteiger charge is 2.59. The van der Waals surface area contributed by atoms with Crippen molar-refractivity contribution in [3.63, 3.8) is 0 Å². The van der Waals surface area contributed by atoms with Crippen LogP contribution in [0.3, 0.4) is 0 Å². The molecule has 3 nitrogen and oxygen atoms in total.